The third-order valence-corrected chi connectivity index (χ3v) is 4.96. The van der Waals surface area contributed by atoms with E-state index in [2.05, 4.69) is 56.8 Å². The van der Waals surface area contributed by atoms with Crippen LogP contribution in [-0.4, -0.2) is 11.6 Å². The van der Waals surface area contributed by atoms with Crippen molar-refractivity contribution in [3.8, 4) is 0 Å². The summed E-state index contributed by atoms with van der Waals surface area (Å²) in [6.45, 7) is 0. The minimum absolute atomic E-state index is 0.171. The lowest BCUT2D eigenvalue weighted by molar-refractivity contribution is 0.0954. The van der Waals surface area contributed by atoms with Gasteiger partial charge in [0.25, 0.3) is 5.91 Å². The van der Waals surface area contributed by atoms with Gasteiger partial charge in [-0.15, -0.1) is 0 Å². The van der Waals surface area contributed by atoms with Crippen LogP contribution in [0.15, 0.2) is 64.2 Å². The average molecular weight is 371 g/mol. The zero-order chi connectivity index (χ0) is 16.1. The van der Waals surface area contributed by atoms with E-state index in [4.69, 9.17) is 0 Å². The number of carbonyl (C=O) groups excluding carboxylic acids is 1. The molecule has 2 aromatic rings. The molecule has 1 saturated carbocycles. The molecule has 0 atom stereocenters. The number of amides is 1. The second-order valence-electron chi connectivity index (χ2n) is 5.78. The van der Waals surface area contributed by atoms with Gasteiger partial charge in [-0.25, -0.2) is 5.43 Å². The maximum absolute atomic E-state index is 12.1. The first kappa shape index (κ1) is 15.9. The molecule has 0 radical (unpaired) electrons. The second kappa shape index (κ2) is 7.55. The van der Waals surface area contributed by atoms with Crippen molar-refractivity contribution in [2.45, 2.75) is 31.6 Å². The van der Waals surface area contributed by atoms with Gasteiger partial charge < -0.3 is 0 Å². The van der Waals surface area contributed by atoms with Crippen LogP contribution in [0.25, 0.3) is 0 Å². The molecule has 1 fully saturated rings. The highest BCUT2D eigenvalue weighted by molar-refractivity contribution is 9.10. The number of halogens is 1. The molecule has 0 heterocycles. The molecule has 1 amide bonds. The van der Waals surface area contributed by atoms with Crippen LogP contribution in [0.2, 0.25) is 0 Å². The van der Waals surface area contributed by atoms with E-state index < -0.39 is 0 Å². The van der Waals surface area contributed by atoms with Crippen LogP contribution in [0, 0.1) is 0 Å². The summed E-state index contributed by atoms with van der Waals surface area (Å²) in [5.74, 6) is 0.435. The fraction of sp³-hybridized carbons (Fsp3) is 0.263. The van der Waals surface area contributed by atoms with Gasteiger partial charge in [-0.2, -0.15) is 5.10 Å². The summed E-state index contributed by atoms with van der Waals surface area (Å²) in [4.78, 5) is 12.1. The van der Waals surface area contributed by atoms with Gasteiger partial charge in [-0.3, -0.25) is 4.79 Å². The lowest BCUT2D eigenvalue weighted by atomic mass is 9.83. The average Bonchev–Trinajstić information content (AvgIpc) is 2.61. The molecule has 23 heavy (non-hydrogen) atoms. The van der Waals surface area contributed by atoms with Crippen LogP contribution in [-0.2, 0) is 0 Å². The van der Waals surface area contributed by atoms with Gasteiger partial charge in [0.05, 0.1) is 5.56 Å². The lowest BCUT2D eigenvalue weighted by Crippen LogP contribution is -2.22. The highest BCUT2D eigenvalue weighted by atomic mass is 79.9. The van der Waals surface area contributed by atoms with Crippen LogP contribution in [0.3, 0.4) is 0 Å². The Balaban J connectivity index is 1.57. The molecule has 0 unspecified atom stereocenters. The summed E-state index contributed by atoms with van der Waals surface area (Å²) < 4.78 is 0.783. The molecule has 2 aromatic carbocycles. The number of hydrogen-bond acceptors (Lipinski definition) is 2. The maximum atomic E-state index is 12.1. The molecule has 0 bridgehead atoms. The van der Waals surface area contributed by atoms with Gasteiger partial charge in [-0.05, 0) is 65.2 Å². The monoisotopic (exact) mass is 370 g/mol. The Morgan fingerprint density at radius 1 is 1.00 bits per heavy atom. The third kappa shape index (κ3) is 4.08. The Morgan fingerprint density at radius 2 is 1.65 bits per heavy atom. The predicted octanol–water partition coefficient (Wildman–Crippen LogP) is 4.89. The molecule has 1 aliphatic carbocycles. The zero-order valence-corrected chi connectivity index (χ0v) is 14.4. The van der Waals surface area contributed by atoms with Crippen molar-refractivity contribution < 1.29 is 4.79 Å². The van der Waals surface area contributed by atoms with Gasteiger partial charge in [0, 0.05) is 10.2 Å². The largest absolute Gasteiger partial charge is 0.272 e. The van der Waals surface area contributed by atoms with Gasteiger partial charge in [0.15, 0.2) is 0 Å². The number of benzene rings is 2. The number of carbonyl (C=O) groups is 1. The summed E-state index contributed by atoms with van der Waals surface area (Å²) >= 11 is 3.39. The SMILES string of the molecule is O=C(NN=C1CCC(c2ccccc2)CC1)c1ccccc1Br. The molecular weight excluding hydrogens is 352 g/mol. The van der Waals surface area contributed by atoms with Crippen LogP contribution >= 0.6 is 15.9 Å². The number of nitrogens with zero attached hydrogens (tertiary/aromatic N) is 1. The Kier molecular flexibility index (Phi) is 5.23. The summed E-state index contributed by atoms with van der Waals surface area (Å²) in [6, 6.07) is 18.0. The van der Waals surface area contributed by atoms with Crippen molar-refractivity contribution in [3.05, 3.63) is 70.2 Å². The first-order valence-corrected chi connectivity index (χ1v) is 8.68. The van der Waals surface area contributed by atoms with Gasteiger partial charge in [-0.1, -0.05) is 42.5 Å². The standard InChI is InChI=1S/C19H19BrN2O/c20-18-9-5-4-8-17(18)19(23)22-21-16-12-10-15(11-13-16)14-6-2-1-3-7-14/h1-9,15H,10-13H2,(H,22,23). The van der Waals surface area contributed by atoms with Crippen LogP contribution in [0.5, 0.6) is 0 Å². The topological polar surface area (TPSA) is 41.5 Å². The quantitative estimate of drug-likeness (QED) is 0.767. The Bertz CT molecular complexity index is 702. The van der Waals surface area contributed by atoms with Gasteiger partial charge in [0.2, 0.25) is 0 Å². The van der Waals surface area contributed by atoms with Crippen molar-refractivity contribution in [1.82, 2.24) is 5.43 Å². The van der Waals surface area contributed by atoms with Gasteiger partial charge in [0.1, 0.15) is 0 Å². The highest BCUT2D eigenvalue weighted by Gasteiger charge is 2.19. The van der Waals surface area contributed by atoms with E-state index in [1.165, 1.54) is 5.56 Å². The molecule has 1 aliphatic rings. The first-order valence-electron chi connectivity index (χ1n) is 7.89. The van der Waals surface area contributed by atoms with E-state index in [9.17, 15) is 4.79 Å². The molecule has 0 aliphatic heterocycles. The Hall–Kier alpha value is -1.94. The highest BCUT2D eigenvalue weighted by Crippen LogP contribution is 2.31. The minimum Gasteiger partial charge on any atom is -0.267 e. The summed E-state index contributed by atoms with van der Waals surface area (Å²) in [5.41, 5.74) is 5.78. The molecule has 3 rings (SSSR count). The van der Waals surface area contributed by atoms with E-state index in [0.717, 1.165) is 35.9 Å². The summed E-state index contributed by atoms with van der Waals surface area (Å²) in [7, 11) is 0. The number of hydrazone groups is 1. The minimum atomic E-state index is -0.171. The predicted molar refractivity (Wildman–Crippen MR) is 96.7 cm³/mol. The van der Waals surface area contributed by atoms with Crippen molar-refractivity contribution in [2.75, 3.05) is 0 Å². The number of rotatable bonds is 3. The van der Waals surface area contributed by atoms with Crippen LogP contribution in [0.1, 0.15) is 47.5 Å². The molecule has 0 aromatic heterocycles. The molecule has 0 saturated heterocycles. The van der Waals surface area contributed by atoms with Crippen LogP contribution in [0.4, 0.5) is 0 Å². The van der Waals surface area contributed by atoms with E-state index in [1.807, 2.05) is 18.2 Å². The number of hydrogen-bond donors (Lipinski definition) is 1. The van der Waals surface area contributed by atoms with Crippen LogP contribution < -0.4 is 5.43 Å². The Labute approximate surface area is 144 Å². The molecular formula is C19H19BrN2O. The lowest BCUT2D eigenvalue weighted by Gasteiger charge is -2.23. The molecule has 1 N–H and O–H groups in total. The van der Waals surface area contributed by atoms with Crippen molar-refractivity contribution in [1.29, 1.82) is 0 Å². The van der Waals surface area contributed by atoms with Crippen molar-refractivity contribution in [3.63, 3.8) is 0 Å². The van der Waals surface area contributed by atoms with Crippen molar-refractivity contribution in [2.24, 2.45) is 5.10 Å². The molecule has 0 spiro atoms. The van der Waals surface area contributed by atoms with E-state index in [0.29, 0.717) is 11.5 Å². The second-order valence-corrected chi connectivity index (χ2v) is 6.64. The normalized spacial score (nSPS) is 17.6. The molecule has 3 nitrogen and oxygen atoms in total. The zero-order valence-electron chi connectivity index (χ0n) is 12.8. The summed E-state index contributed by atoms with van der Waals surface area (Å²) in [6.07, 6.45) is 4.06. The van der Waals surface area contributed by atoms with E-state index >= 15 is 0 Å². The molecule has 118 valence electrons. The Morgan fingerprint density at radius 3 is 2.35 bits per heavy atom. The first-order chi connectivity index (χ1) is 11.2. The fourth-order valence-electron chi connectivity index (χ4n) is 2.96. The fourth-order valence-corrected chi connectivity index (χ4v) is 3.42. The molecule has 4 heteroatoms. The maximum Gasteiger partial charge on any atom is 0.272 e. The van der Waals surface area contributed by atoms with E-state index in [1.54, 1.807) is 6.07 Å². The smallest absolute Gasteiger partial charge is 0.267 e. The summed E-state index contributed by atoms with van der Waals surface area (Å²) in [5, 5.41) is 4.33. The van der Waals surface area contributed by atoms with Gasteiger partial charge >= 0.3 is 0 Å². The number of nitrogens with one attached hydrogen (secondary N) is 1. The van der Waals surface area contributed by atoms with Crippen molar-refractivity contribution >= 4 is 27.5 Å². The van der Waals surface area contributed by atoms with E-state index in [-0.39, 0.29) is 5.91 Å². The third-order valence-electron chi connectivity index (χ3n) is 4.27.